The van der Waals surface area contributed by atoms with Gasteiger partial charge in [-0.15, -0.1) is 0 Å². The predicted octanol–water partition coefficient (Wildman–Crippen LogP) is 6.53. The normalized spacial score (nSPS) is 16.1. The third-order valence-electron chi connectivity index (χ3n) is 6.37. The summed E-state index contributed by atoms with van der Waals surface area (Å²) in [5.41, 5.74) is 5.96. The molecule has 0 radical (unpaired) electrons. The highest BCUT2D eigenvalue weighted by Gasteiger charge is 2.14. The van der Waals surface area contributed by atoms with Crippen molar-refractivity contribution in [3.05, 3.63) is 71.2 Å². The molecule has 40 heavy (non-hydrogen) atoms. The summed E-state index contributed by atoms with van der Waals surface area (Å²) in [6.07, 6.45) is 5.36. The minimum absolute atomic E-state index is 0.687. The van der Waals surface area contributed by atoms with Gasteiger partial charge in [0.05, 0.1) is 30.8 Å². The van der Waals surface area contributed by atoms with E-state index in [0.717, 1.165) is 91.7 Å². The third-order valence-corrected chi connectivity index (χ3v) is 6.37. The molecule has 0 atom stereocenters. The highest BCUT2D eigenvalue weighted by atomic mass is 16.5. The molecule has 0 amide bonds. The van der Waals surface area contributed by atoms with Crippen LogP contribution in [-0.2, 0) is 4.74 Å². The molecule has 3 aliphatic heterocycles. The van der Waals surface area contributed by atoms with Gasteiger partial charge in [-0.1, -0.05) is 25.5 Å². The number of anilines is 2. The van der Waals surface area contributed by atoms with Crippen LogP contribution in [0.4, 0.5) is 11.4 Å². The lowest BCUT2D eigenvalue weighted by Gasteiger charge is -2.20. The number of ether oxygens (including phenoxy) is 5. The molecule has 3 heterocycles. The van der Waals surface area contributed by atoms with Crippen molar-refractivity contribution in [3.8, 4) is 23.0 Å². The number of methoxy groups -OCH3 is 1. The Labute approximate surface area is 239 Å². The van der Waals surface area contributed by atoms with Gasteiger partial charge in [0, 0.05) is 31.8 Å². The van der Waals surface area contributed by atoms with E-state index in [2.05, 4.69) is 41.9 Å². The Balaban J connectivity index is 0.000000160. The second-order valence-electron chi connectivity index (χ2n) is 9.07. The first-order valence-corrected chi connectivity index (χ1v) is 14.2. The first kappa shape index (κ1) is 30.6. The minimum atomic E-state index is 0.687. The van der Waals surface area contributed by atoms with Crippen molar-refractivity contribution in [1.82, 2.24) is 5.32 Å². The van der Waals surface area contributed by atoms with Crippen molar-refractivity contribution in [2.75, 3.05) is 63.8 Å². The quantitative estimate of drug-likeness (QED) is 0.397. The SMILES string of the molecule is CC.CC1=C(C)CC=C2NCCOC2=C1.CCOc1ccc2c(c1)OCCN2.COc1ccc2c(c1)NCCO2. The predicted molar refractivity (Wildman–Crippen MR) is 163 cm³/mol. The van der Waals surface area contributed by atoms with E-state index in [0.29, 0.717) is 6.61 Å². The molecule has 2 aromatic rings. The Kier molecular flexibility index (Phi) is 12.4. The van der Waals surface area contributed by atoms with Gasteiger partial charge in [0.1, 0.15) is 48.6 Å². The van der Waals surface area contributed by atoms with Crippen LogP contribution in [0.25, 0.3) is 0 Å². The van der Waals surface area contributed by atoms with Crippen molar-refractivity contribution in [2.24, 2.45) is 0 Å². The zero-order chi connectivity index (χ0) is 28.7. The summed E-state index contributed by atoms with van der Waals surface area (Å²) in [5, 5.41) is 9.83. The summed E-state index contributed by atoms with van der Waals surface area (Å²) in [7, 11) is 1.66. The number of rotatable bonds is 3. The Morgan fingerprint density at radius 2 is 1.45 bits per heavy atom. The van der Waals surface area contributed by atoms with Gasteiger partial charge < -0.3 is 39.6 Å². The smallest absolute Gasteiger partial charge is 0.146 e. The molecule has 3 N–H and O–H groups in total. The first-order chi connectivity index (χ1) is 19.6. The summed E-state index contributed by atoms with van der Waals surface area (Å²) in [5.74, 6) is 4.51. The second-order valence-corrected chi connectivity index (χ2v) is 9.07. The average Bonchev–Trinajstić information content (AvgIpc) is 3.16. The van der Waals surface area contributed by atoms with E-state index in [9.17, 15) is 0 Å². The van der Waals surface area contributed by atoms with E-state index in [1.165, 1.54) is 11.1 Å². The lowest BCUT2D eigenvalue weighted by atomic mass is 10.1. The molecule has 1 fully saturated rings. The van der Waals surface area contributed by atoms with Crippen LogP contribution in [0.3, 0.4) is 0 Å². The molecular weight excluding hydrogens is 506 g/mol. The van der Waals surface area contributed by atoms with Crippen molar-refractivity contribution in [2.45, 2.75) is 41.0 Å². The number of morpholine rings is 1. The summed E-state index contributed by atoms with van der Waals surface area (Å²) >= 11 is 0. The Hall–Kier alpha value is -3.94. The van der Waals surface area contributed by atoms with Crippen LogP contribution in [0.15, 0.2) is 71.2 Å². The number of hydrogen-bond acceptors (Lipinski definition) is 8. The fraction of sp³-hybridized carbons (Fsp3) is 0.438. The van der Waals surface area contributed by atoms with Crippen LogP contribution >= 0.6 is 0 Å². The topological polar surface area (TPSA) is 82.2 Å². The number of allylic oxidation sites excluding steroid dienone is 4. The molecule has 8 heteroatoms. The van der Waals surface area contributed by atoms with Gasteiger partial charge in [-0.2, -0.15) is 0 Å². The van der Waals surface area contributed by atoms with Crippen molar-refractivity contribution >= 4 is 11.4 Å². The molecule has 0 unspecified atom stereocenters. The highest BCUT2D eigenvalue weighted by Crippen LogP contribution is 2.32. The van der Waals surface area contributed by atoms with E-state index >= 15 is 0 Å². The molecule has 4 aliphatic rings. The van der Waals surface area contributed by atoms with E-state index in [-0.39, 0.29) is 0 Å². The van der Waals surface area contributed by atoms with Crippen LogP contribution in [-0.4, -0.2) is 53.2 Å². The van der Waals surface area contributed by atoms with Gasteiger partial charge >= 0.3 is 0 Å². The van der Waals surface area contributed by atoms with E-state index in [4.69, 9.17) is 23.7 Å². The zero-order valence-corrected chi connectivity index (χ0v) is 24.8. The van der Waals surface area contributed by atoms with Gasteiger partial charge in [-0.05, 0) is 63.1 Å². The molecule has 6 rings (SSSR count). The van der Waals surface area contributed by atoms with E-state index in [1.54, 1.807) is 7.11 Å². The van der Waals surface area contributed by atoms with Crippen LogP contribution in [0.1, 0.15) is 41.0 Å². The molecular formula is C32H45N3O5. The van der Waals surface area contributed by atoms with Gasteiger partial charge in [0.15, 0.2) is 0 Å². The summed E-state index contributed by atoms with van der Waals surface area (Å²) in [4.78, 5) is 0. The van der Waals surface area contributed by atoms with Crippen LogP contribution < -0.4 is 34.9 Å². The maximum absolute atomic E-state index is 5.58. The standard InChI is InChI=1S/C11H15NO.C10H13NO2.C9H11NO2.C2H6/c1-8-3-4-10-11(7-9(8)2)13-6-5-12-10;1-2-12-8-3-4-9-10(7-8)13-6-5-11-9;1-11-7-2-3-9-8(6-7)10-4-5-12-9;1-2/h4,7,12H,3,5-6H2,1-2H3;3-4,7,11H,2,5-6H2,1H3;2-3,6,10H,4-5H2,1H3;1-2H3. The van der Waals surface area contributed by atoms with Gasteiger partial charge in [0.25, 0.3) is 0 Å². The van der Waals surface area contributed by atoms with E-state index < -0.39 is 0 Å². The lowest BCUT2D eigenvalue weighted by Crippen LogP contribution is -2.27. The molecule has 2 aromatic carbocycles. The third kappa shape index (κ3) is 8.79. The average molecular weight is 552 g/mol. The maximum atomic E-state index is 5.58. The number of fused-ring (bicyclic) bond motifs is 3. The molecule has 0 bridgehead atoms. The summed E-state index contributed by atoms with van der Waals surface area (Å²) in [6.45, 7) is 15.8. The summed E-state index contributed by atoms with van der Waals surface area (Å²) in [6, 6.07) is 11.6. The molecule has 0 saturated carbocycles. The van der Waals surface area contributed by atoms with Crippen molar-refractivity contribution in [1.29, 1.82) is 0 Å². The molecule has 8 nitrogen and oxygen atoms in total. The molecule has 0 spiro atoms. The van der Waals surface area contributed by atoms with Gasteiger partial charge in [-0.3, -0.25) is 0 Å². The fourth-order valence-corrected chi connectivity index (χ4v) is 4.16. The van der Waals surface area contributed by atoms with Crippen LogP contribution in [0.2, 0.25) is 0 Å². The molecule has 218 valence electrons. The highest BCUT2D eigenvalue weighted by molar-refractivity contribution is 5.61. The number of nitrogens with one attached hydrogen (secondary N) is 3. The molecule has 0 aromatic heterocycles. The van der Waals surface area contributed by atoms with Crippen LogP contribution in [0, 0.1) is 0 Å². The fourth-order valence-electron chi connectivity index (χ4n) is 4.16. The van der Waals surface area contributed by atoms with Gasteiger partial charge in [0.2, 0.25) is 0 Å². The number of benzene rings is 2. The largest absolute Gasteiger partial charge is 0.497 e. The number of hydrogen-bond donors (Lipinski definition) is 3. The maximum Gasteiger partial charge on any atom is 0.146 e. The second kappa shape index (κ2) is 16.2. The molecule has 1 aliphatic carbocycles. The van der Waals surface area contributed by atoms with Crippen molar-refractivity contribution in [3.63, 3.8) is 0 Å². The Morgan fingerprint density at radius 3 is 2.20 bits per heavy atom. The van der Waals surface area contributed by atoms with Gasteiger partial charge in [-0.25, -0.2) is 0 Å². The van der Waals surface area contributed by atoms with Crippen molar-refractivity contribution < 1.29 is 23.7 Å². The Bertz CT molecular complexity index is 1190. The monoisotopic (exact) mass is 551 g/mol. The van der Waals surface area contributed by atoms with Crippen LogP contribution in [0.5, 0.6) is 23.0 Å². The lowest BCUT2D eigenvalue weighted by molar-refractivity contribution is 0.197. The first-order valence-electron chi connectivity index (χ1n) is 14.2. The minimum Gasteiger partial charge on any atom is -0.497 e. The zero-order valence-electron chi connectivity index (χ0n) is 24.8. The molecule has 1 saturated heterocycles. The summed E-state index contributed by atoms with van der Waals surface area (Å²) < 4.78 is 26.9. The Morgan fingerprint density at radius 1 is 0.775 bits per heavy atom. The van der Waals surface area contributed by atoms with E-state index in [1.807, 2.05) is 57.2 Å².